The molecule has 0 fully saturated rings. The third kappa shape index (κ3) is 8.34. The molecular weight excluding hydrogens is 544 g/mol. The van der Waals surface area contributed by atoms with Gasteiger partial charge in [0, 0.05) is 52.0 Å². The van der Waals surface area contributed by atoms with E-state index in [1.54, 1.807) is 12.4 Å². The Bertz CT molecular complexity index is 1330. The Kier molecular flexibility index (Phi) is 10.2. The molecule has 220 valence electrons. The second-order valence-corrected chi connectivity index (χ2v) is 14.9. The van der Waals surface area contributed by atoms with E-state index in [1.165, 1.54) is 0 Å². The number of nitrogens with zero attached hydrogens (tertiary/aromatic N) is 2. The molecule has 41 heavy (non-hydrogen) atoms. The summed E-state index contributed by atoms with van der Waals surface area (Å²) in [6, 6.07) is 15.9. The van der Waals surface area contributed by atoms with E-state index in [2.05, 4.69) is 95.2 Å². The van der Waals surface area contributed by atoms with Crippen LogP contribution in [0.1, 0.15) is 116 Å². The minimum Gasteiger partial charge on any atom is -0.507 e. The predicted octanol–water partition coefficient (Wildman–Crippen LogP) is 9.79. The van der Waals surface area contributed by atoms with E-state index in [0.717, 1.165) is 22.3 Å². The quantitative estimate of drug-likeness (QED) is 0.296. The summed E-state index contributed by atoms with van der Waals surface area (Å²) in [7, 11) is 0. The summed E-state index contributed by atoms with van der Waals surface area (Å²) in [6.07, 6.45) is 3.45. The number of phenols is 2. The van der Waals surface area contributed by atoms with E-state index < -0.39 is 0 Å². The minimum atomic E-state index is -0.217. The van der Waals surface area contributed by atoms with Crippen molar-refractivity contribution >= 4 is 23.8 Å². The molecule has 0 unspecified atom stereocenters. The molecule has 0 spiro atoms. The Morgan fingerprint density at radius 2 is 0.829 bits per heavy atom. The number of hydrogen-bond acceptors (Lipinski definition) is 4. The van der Waals surface area contributed by atoms with E-state index >= 15 is 0 Å². The Morgan fingerprint density at radius 3 is 1.10 bits per heavy atom. The van der Waals surface area contributed by atoms with Gasteiger partial charge in [0.15, 0.2) is 0 Å². The largest absolute Gasteiger partial charge is 0.507 e. The van der Waals surface area contributed by atoms with Crippen molar-refractivity contribution in [2.24, 2.45) is 9.98 Å². The summed E-state index contributed by atoms with van der Waals surface area (Å²) < 4.78 is 0. The van der Waals surface area contributed by atoms with Crippen LogP contribution in [0.5, 0.6) is 11.5 Å². The predicted molar refractivity (Wildman–Crippen MR) is 172 cm³/mol. The number of benzene rings is 3. The summed E-state index contributed by atoms with van der Waals surface area (Å²) in [5, 5.41) is 22.4. The first-order valence-electron chi connectivity index (χ1n) is 14.1. The fourth-order valence-corrected chi connectivity index (χ4v) is 4.48. The van der Waals surface area contributed by atoms with Gasteiger partial charge in [-0.2, -0.15) is 0 Å². The number of hydrogen-bond donors (Lipinski definition) is 2. The van der Waals surface area contributed by atoms with Gasteiger partial charge in [0.1, 0.15) is 11.5 Å². The van der Waals surface area contributed by atoms with Crippen molar-refractivity contribution in [3.05, 3.63) is 81.9 Å². The van der Waals surface area contributed by atoms with Crippen LogP contribution in [-0.4, -0.2) is 22.6 Å². The van der Waals surface area contributed by atoms with E-state index in [9.17, 15) is 10.2 Å². The smallest absolute Gasteiger partial charge is 0.128 e. The van der Waals surface area contributed by atoms with Gasteiger partial charge in [-0.3, -0.25) is 9.98 Å². The second-order valence-electron chi connectivity index (χ2n) is 14.9. The molecule has 3 rings (SSSR count). The average Bonchev–Trinajstić information content (AvgIpc) is 2.80. The Balaban J connectivity index is 0.00000588. The molecule has 0 saturated heterocycles. The maximum atomic E-state index is 11.2. The van der Waals surface area contributed by atoms with Crippen molar-refractivity contribution in [3.8, 4) is 11.5 Å². The molecule has 4 nitrogen and oxygen atoms in total. The zero-order chi connectivity index (χ0) is 30.3. The number of phenolic OH excluding ortho intramolecular Hbond substituents is 2. The number of aromatic hydroxyl groups is 2. The monoisotopic (exact) mass is 592 g/mol. The zero-order valence-corrected chi connectivity index (χ0v) is 28.2. The van der Waals surface area contributed by atoms with Gasteiger partial charge in [-0.05, 0) is 57.1 Å². The maximum Gasteiger partial charge on any atom is 0.128 e. The molecule has 0 bridgehead atoms. The number of rotatable bonds is 4. The van der Waals surface area contributed by atoms with E-state index in [1.807, 2.05) is 36.4 Å². The molecule has 3 aromatic carbocycles. The van der Waals surface area contributed by atoms with E-state index in [-0.39, 0.29) is 50.5 Å². The molecule has 0 aromatic heterocycles. The molecule has 0 amide bonds. The molecule has 0 atom stereocenters. The van der Waals surface area contributed by atoms with Gasteiger partial charge in [-0.1, -0.05) is 107 Å². The third-order valence-corrected chi connectivity index (χ3v) is 7.19. The van der Waals surface area contributed by atoms with Crippen LogP contribution in [0.15, 0.2) is 58.5 Å². The van der Waals surface area contributed by atoms with Crippen molar-refractivity contribution in [1.82, 2.24) is 0 Å². The first kappa shape index (κ1) is 34.3. The van der Waals surface area contributed by atoms with Gasteiger partial charge >= 0.3 is 0 Å². The van der Waals surface area contributed by atoms with Crippen molar-refractivity contribution in [3.63, 3.8) is 0 Å². The molecule has 0 aliphatic carbocycles. The van der Waals surface area contributed by atoms with Crippen LogP contribution in [0, 0.1) is 0 Å². The second kappa shape index (κ2) is 12.2. The van der Waals surface area contributed by atoms with Gasteiger partial charge in [0.2, 0.25) is 0 Å². The molecule has 0 radical (unpaired) electrons. The van der Waals surface area contributed by atoms with Crippen LogP contribution in [0.3, 0.4) is 0 Å². The van der Waals surface area contributed by atoms with Crippen molar-refractivity contribution in [2.45, 2.75) is 105 Å². The first-order valence-corrected chi connectivity index (χ1v) is 14.1. The molecule has 0 aliphatic heterocycles. The van der Waals surface area contributed by atoms with Crippen molar-refractivity contribution in [2.75, 3.05) is 0 Å². The summed E-state index contributed by atoms with van der Waals surface area (Å²) in [5.74, 6) is 0.507. The van der Waals surface area contributed by atoms with Crippen molar-refractivity contribution in [1.29, 1.82) is 0 Å². The minimum absolute atomic E-state index is 0. The Hall–Kier alpha value is -2.87. The summed E-state index contributed by atoms with van der Waals surface area (Å²) >= 11 is 0. The van der Waals surface area contributed by atoms with Gasteiger partial charge in [-0.25, -0.2) is 0 Å². The molecule has 0 aliphatic rings. The number of aliphatic imine (C=N–C) groups is 2. The van der Waals surface area contributed by atoms with Gasteiger partial charge in [0.25, 0.3) is 0 Å². The van der Waals surface area contributed by atoms with Crippen LogP contribution >= 0.6 is 0 Å². The average molecular weight is 593 g/mol. The molecule has 5 heteroatoms. The van der Waals surface area contributed by atoms with Crippen LogP contribution in [0.2, 0.25) is 0 Å². The van der Waals surface area contributed by atoms with Crippen LogP contribution in [-0.2, 0) is 39.0 Å². The van der Waals surface area contributed by atoms with Crippen LogP contribution in [0.25, 0.3) is 0 Å². The van der Waals surface area contributed by atoms with E-state index in [0.29, 0.717) is 22.5 Å². The molecule has 0 heterocycles. The molecule has 2 N–H and O–H groups in total. The van der Waals surface area contributed by atoms with Gasteiger partial charge in [0.05, 0.1) is 11.4 Å². The summed E-state index contributed by atoms with van der Waals surface area (Å²) in [5.41, 5.74) is 6.23. The SMILES string of the molecule is CC(C)(C)c1cc(C=Nc2ccccc2N=Cc2cc(C(C)(C)C)cc(C(C)(C)C)c2O)c(O)c(C(C)(C)C)c1.[Cr]. The van der Waals surface area contributed by atoms with Crippen LogP contribution in [0.4, 0.5) is 11.4 Å². The Morgan fingerprint density at radius 1 is 0.512 bits per heavy atom. The fourth-order valence-electron chi connectivity index (χ4n) is 4.48. The summed E-state index contributed by atoms with van der Waals surface area (Å²) in [4.78, 5) is 9.54. The van der Waals surface area contributed by atoms with Crippen molar-refractivity contribution < 1.29 is 27.6 Å². The normalized spacial score (nSPS) is 13.2. The maximum absolute atomic E-state index is 11.2. The van der Waals surface area contributed by atoms with Crippen LogP contribution < -0.4 is 0 Å². The Labute approximate surface area is 258 Å². The van der Waals surface area contributed by atoms with Gasteiger partial charge in [-0.15, -0.1) is 0 Å². The molecule has 3 aromatic rings. The van der Waals surface area contributed by atoms with Gasteiger partial charge < -0.3 is 10.2 Å². The molecule has 0 saturated carbocycles. The molecular formula is C36H48CrN2O2. The topological polar surface area (TPSA) is 65.2 Å². The number of para-hydroxylation sites is 2. The van der Waals surface area contributed by atoms with E-state index in [4.69, 9.17) is 9.98 Å². The zero-order valence-electron chi connectivity index (χ0n) is 27.0. The summed E-state index contributed by atoms with van der Waals surface area (Å²) in [6.45, 7) is 25.7. The first-order chi connectivity index (χ1) is 18.2. The standard InChI is InChI=1S/C36H48N2O2.Cr/c1-33(2,3)25-17-23(31(39)27(19-25)35(7,8)9)21-37-29-15-13-14-16-30(29)38-22-24-18-26(34(4,5)6)20-28(32(24)40)36(10,11)12;/h13-22,39-40H,1-12H3;. The fraction of sp³-hybridized carbons (Fsp3) is 0.444. The third-order valence-electron chi connectivity index (χ3n) is 7.19.